The summed E-state index contributed by atoms with van der Waals surface area (Å²) in [6.07, 6.45) is 5.85. The highest BCUT2D eigenvalue weighted by atomic mass is 16.5. The van der Waals surface area contributed by atoms with Gasteiger partial charge in [0.2, 0.25) is 5.91 Å². The molecule has 0 aromatic carbocycles. The van der Waals surface area contributed by atoms with Crippen LogP contribution in [0.25, 0.3) is 0 Å². The van der Waals surface area contributed by atoms with Crippen molar-refractivity contribution < 1.29 is 9.53 Å². The molecule has 1 fully saturated rings. The number of aromatic nitrogens is 2. The average molecular weight is 265 g/mol. The molecule has 1 saturated heterocycles. The van der Waals surface area contributed by atoms with Gasteiger partial charge in [0.25, 0.3) is 0 Å². The third-order valence-electron chi connectivity index (χ3n) is 4.13. The first-order chi connectivity index (χ1) is 9.01. The van der Waals surface area contributed by atoms with Gasteiger partial charge in [-0.05, 0) is 19.8 Å². The second kappa shape index (κ2) is 5.33. The van der Waals surface area contributed by atoms with E-state index in [1.165, 1.54) is 0 Å². The average Bonchev–Trinajstić information content (AvgIpc) is 2.97. The smallest absolute Gasteiger partial charge is 0.221 e. The lowest BCUT2D eigenvalue weighted by molar-refractivity contribution is -0.136. The largest absolute Gasteiger partial charge is 0.351 e. The van der Waals surface area contributed by atoms with Crippen LogP contribution in [0.2, 0.25) is 0 Å². The van der Waals surface area contributed by atoms with Crippen LogP contribution in [0.3, 0.4) is 0 Å². The molecule has 1 aromatic heterocycles. The number of rotatable bonds is 4. The maximum Gasteiger partial charge on any atom is 0.221 e. The topological polar surface area (TPSA) is 58.2 Å². The minimum atomic E-state index is -0.300. The third-order valence-corrected chi connectivity index (χ3v) is 4.13. The minimum Gasteiger partial charge on any atom is -0.351 e. The Labute approximate surface area is 114 Å². The SMILES string of the molecule is CC[C@@H]1OC(C)(CC)[C@H](Cc2c[nH]cn2)N1C(C)=O. The first-order valence-electron chi connectivity index (χ1n) is 6.96. The van der Waals surface area contributed by atoms with Gasteiger partial charge in [-0.15, -0.1) is 0 Å². The van der Waals surface area contributed by atoms with E-state index in [1.54, 1.807) is 13.3 Å². The molecule has 106 valence electrons. The van der Waals surface area contributed by atoms with Crippen LogP contribution >= 0.6 is 0 Å². The summed E-state index contributed by atoms with van der Waals surface area (Å²) in [4.78, 5) is 21.1. The molecule has 1 N–H and O–H groups in total. The van der Waals surface area contributed by atoms with Crippen LogP contribution < -0.4 is 0 Å². The zero-order chi connectivity index (χ0) is 14.0. The predicted octanol–water partition coefficient (Wildman–Crippen LogP) is 2.10. The summed E-state index contributed by atoms with van der Waals surface area (Å²) < 4.78 is 6.15. The van der Waals surface area contributed by atoms with Gasteiger partial charge in [-0.2, -0.15) is 0 Å². The molecule has 2 heterocycles. The Morgan fingerprint density at radius 2 is 2.32 bits per heavy atom. The van der Waals surface area contributed by atoms with Crippen LogP contribution in [0.5, 0.6) is 0 Å². The lowest BCUT2D eigenvalue weighted by Gasteiger charge is -2.31. The van der Waals surface area contributed by atoms with Crippen molar-refractivity contribution in [2.24, 2.45) is 0 Å². The summed E-state index contributed by atoms with van der Waals surface area (Å²) in [5, 5.41) is 0. The molecule has 3 atom stereocenters. The van der Waals surface area contributed by atoms with Crippen molar-refractivity contribution in [3.63, 3.8) is 0 Å². The predicted molar refractivity (Wildman–Crippen MR) is 72.5 cm³/mol. The highest BCUT2D eigenvalue weighted by Gasteiger charge is 2.49. The van der Waals surface area contributed by atoms with Gasteiger partial charge in [0, 0.05) is 19.5 Å². The summed E-state index contributed by atoms with van der Waals surface area (Å²) >= 11 is 0. The van der Waals surface area contributed by atoms with Crippen molar-refractivity contribution in [1.29, 1.82) is 0 Å². The van der Waals surface area contributed by atoms with Gasteiger partial charge in [-0.1, -0.05) is 13.8 Å². The molecular weight excluding hydrogens is 242 g/mol. The number of ether oxygens (including phenoxy) is 1. The Morgan fingerprint density at radius 1 is 1.58 bits per heavy atom. The number of nitrogens with one attached hydrogen (secondary N) is 1. The van der Waals surface area contributed by atoms with Crippen LogP contribution in [-0.4, -0.2) is 38.6 Å². The van der Waals surface area contributed by atoms with E-state index in [2.05, 4.69) is 23.8 Å². The van der Waals surface area contributed by atoms with Crippen molar-refractivity contribution in [2.75, 3.05) is 0 Å². The fourth-order valence-corrected chi connectivity index (χ4v) is 2.88. The number of amides is 1. The summed E-state index contributed by atoms with van der Waals surface area (Å²) in [5.74, 6) is 0.0737. The molecular formula is C14H23N3O2. The van der Waals surface area contributed by atoms with Gasteiger partial charge < -0.3 is 14.6 Å². The Balaban J connectivity index is 2.29. The highest BCUT2D eigenvalue weighted by molar-refractivity contribution is 5.74. The molecule has 0 radical (unpaired) electrons. The molecule has 19 heavy (non-hydrogen) atoms. The van der Waals surface area contributed by atoms with Crippen LogP contribution in [0, 0.1) is 0 Å². The molecule has 1 aromatic rings. The Bertz CT molecular complexity index is 432. The monoisotopic (exact) mass is 265 g/mol. The second-order valence-electron chi connectivity index (χ2n) is 5.35. The number of hydrogen-bond acceptors (Lipinski definition) is 3. The lowest BCUT2D eigenvalue weighted by atomic mass is 9.90. The molecule has 0 saturated carbocycles. The quantitative estimate of drug-likeness (QED) is 0.907. The first-order valence-corrected chi connectivity index (χ1v) is 6.96. The molecule has 0 aliphatic carbocycles. The van der Waals surface area contributed by atoms with Crippen LogP contribution in [0.15, 0.2) is 12.5 Å². The zero-order valence-electron chi connectivity index (χ0n) is 12.1. The number of imidazole rings is 1. The molecule has 1 aliphatic heterocycles. The fraction of sp³-hybridized carbons (Fsp3) is 0.714. The number of nitrogens with zero attached hydrogens (tertiary/aromatic N) is 2. The Kier molecular flexibility index (Phi) is 3.94. The van der Waals surface area contributed by atoms with Crippen molar-refractivity contribution in [3.8, 4) is 0 Å². The number of aromatic amines is 1. The normalized spacial score (nSPS) is 30.8. The number of carbonyl (C=O) groups is 1. The highest BCUT2D eigenvalue weighted by Crippen LogP contribution is 2.37. The van der Waals surface area contributed by atoms with E-state index < -0.39 is 0 Å². The molecule has 0 spiro atoms. The molecule has 1 amide bonds. The molecule has 0 bridgehead atoms. The standard InChI is InChI=1S/C14H23N3O2/c1-5-13-17(10(3)18)12(14(4,6-2)19-13)7-11-8-15-9-16-11/h8-9,12-13H,5-7H2,1-4H3,(H,15,16)/t12-,13-,14?/m0/s1. The van der Waals surface area contributed by atoms with Crippen LogP contribution in [-0.2, 0) is 16.0 Å². The molecule has 2 rings (SSSR count). The Morgan fingerprint density at radius 3 is 2.79 bits per heavy atom. The van der Waals surface area contributed by atoms with Gasteiger partial charge in [0.15, 0.2) is 0 Å². The molecule has 1 unspecified atom stereocenters. The van der Waals surface area contributed by atoms with Crippen LogP contribution in [0.1, 0.15) is 46.2 Å². The summed E-state index contributed by atoms with van der Waals surface area (Å²) in [5.41, 5.74) is 0.668. The minimum absolute atomic E-state index is 0.0447. The summed E-state index contributed by atoms with van der Waals surface area (Å²) in [6.45, 7) is 7.86. The first kappa shape index (κ1) is 14.1. The van der Waals surface area contributed by atoms with Gasteiger partial charge >= 0.3 is 0 Å². The van der Waals surface area contributed by atoms with E-state index in [0.717, 1.165) is 25.0 Å². The van der Waals surface area contributed by atoms with Crippen molar-refractivity contribution in [2.45, 2.75) is 64.8 Å². The van der Waals surface area contributed by atoms with Gasteiger partial charge in [0.05, 0.1) is 23.7 Å². The van der Waals surface area contributed by atoms with Crippen LogP contribution in [0.4, 0.5) is 0 Å². The van der Waals surface area contributed by atoms with Gasteiger partial charge in [0.1, 0.15) is 6.23 Å². The Hall–Kier alpha value is -1.36. The van der Waals surface area contributed by atoms with E-state index in [-0.39, 0.29) is 23.8 Å². The third kappa shape index (κ3) is 2.52. The molecule has 5 nitrogen and oxygen atoms in total. The van der Waals surface area contributed by atoms with Gasteiger partial charge in [-0.3, -0.25) is 4.79 Å². The molecule has 5 heteroatoms. The fourth-order valence-electron chi connectivity index (χ4n) is 2.88. The maximum absolute atomic E-state index is 12.0. The molecule has 1 aliphatic rings. The van der Waals surface area contributed by atoms with Crippen molar-refractivity contribution in [3.05, 3.63) is 18.2 Å². The van der Waals surface area contributed by atoms with E-state index in [0.29, 0.717) is 0 Å². The second-order valence-corrected chi connectivity index (χ2v) is 5.35. The van der Waals surface area contributed by atoms with Crippen molar-refractivity contribution in [1.82, 2.24) is 14.9 Å². The van der Waals surface area contributed by atoms with E-state index in [1.807, 2.05) is 18.0 Å². The van der Waals surface area contributed by atoms with Gasteiger partial charge in [-0.25, -0.2) is 4.98 Å². The number of hydrogen-bond donors (Lipinski definition) is 1. The lowest BCUT2D eigenvalue weighted by Crippen LogP contribution is -2.47. The number of carbonyl (C=O) groups excluding carboxylic acids is 1. The number of H-pyrrole nitrogens is 1. The van der Waals surface area contributed by atoms with Crippen molar-refractivity contribution >= 4 is 5.91 Å². The zero-order valence-corrected chi connectivity index (χ0v) is 12.1. The summed E-state index contributed by atoms with van der Waals surface area (Å²) in [6, 6.07) is 0.0447. The summed E-state index contributed by atoms with van der Waals surface area (Å²) in [7, 11) is 0. The van der Waals surface area contributed by atoms with E-state index in [9.17, 15) is 4.79 Å². The van der Waals surface area contributed by atoms with E-state index >= 15 is 0 Å². The maximum atomic E-state index is 12.0. The van der Waals surface area contributed by atoms with E-state index in [4.69, 9.17) is 4.74 Å².